The number of hydrogen-bond donors (Lipinski definition) is 3. The normalized spacial score (nSPS) is 24.7. The van der Waals surface area contributed by atoms with Crippen LogP contribution in [-0.4, -0.2) is 64.7 Å². The Balaban J connectivity index is 1.64. The highest BCUT2D eigenvalue weighted by Gasteiger charge is 2.40. The molecule has 1 aliphatic carbocycles. The summed E-state index contributed by atoms with van der Waals surface area (Å²) >= 11 is 0. The first-order chi connectivity index (χ1) is 13.0. The van der Waals surface area contributed by atoms with Crippen LogP contribution in [-0.2, 0) is 13.0 Å². The van der Waals surface area contributed by atoms with Crippen LogP contribution >= 0.6 is 0 Å². The Labute approximate surface area is 160 Å². The highest BCUT2D eigenvalue weighted by molar-refractivity contribution is 5.89. The Kier molecular flexibility index (Phi) is 4.86. The van der Waals surface area contributed by atoms with Gasteiger partial charge in [0, 0.05) is 54.7 Å². The maximum atomic E-state index is 12.5. The number of amides is 2. The van der Waals surface area contributed by atoms with Gasteiger partial charge in [-0.3, -0.25) is 0 Å². The van der Waals surface area contributed by atoms with E-state index >= 15 is 0 Å². The topological polar surface area (TPSA) is 71.6 Å². The third-order valence-corrected chi connectivity index (χ3v) is 6.42. The Morgan fingerprint density at radius 1 is 1.37 bits per heavy atom. The molecule has 27 heavy (non-hydrogen) atoms. The number of aromatic nitrogens is 1. The van der Waals surface area contributed by atoms with Gasteiger partial charge in [0.1, 0.15) is 0 Å². The van der Waals surface area contributed by atoms with Gasteiger partial charge < -0.3 is 25.2 Å². The van der Waals surface area contributed by atoms with E-state index in [9.17, 15) is 9.90 Å². The van der Waals surface area contributed by atoms with Crippen molar-refractivity contribution < 1.29 is 9.90 Å². The molecule has 3 N–H and O–H groups in total. The molecule has 2 aromatic rings. The molecule has 0 bridgehead atoms. The molecule has 146 valence electrons. The van der Waals surface area contributed by atoms with E-state index < -0.39 is 0 Å². The smallest absolute Gasteiger partial charge is 0.317 e. The van der Waals surface area contributed by atoms with E-state index in [0.717, 1.165) is 43.6 Å². The summed E-state index contributed by atoms with van der Waals surface area (Å²) in [7, 11) is 2.16. The largest absolute Gasteiger partial charge is 0.392 e. The number of fused-ring (bicyclic) bond motifs is 2. The van der Waals surface area contributed by atoms with Crippen molar-refractivity contribution in [3.8, 4) is 0 Å². The van der Waals surface area contributed by atoms with E-state index in [0.29, 0.717) is 12.0 Å². The lowest BCUT2D eigenvalue weighted by molar-refractivity contribution is 0.124. The van der Waals surface area contributed by atoms with Crippen LogP contribution in [0.3, 0.4) is 0 Å². The second-order valence-corrected chi connectivity index (χ2v) is 7.95. The number of H-pyrrole nitrogens is 1. The van der Waals surface area contributed by atoms with Crippen LogP contribution in [0.4, 0.5) is 4.79 Å². The molecule has 1 aromatic carbocycles. The summed E-state index contributed by atoms with van der Waals surface area (Å²) in [4.78, 5) is 20.2. The first-order valence-electron chi connectivity index (χ1n) is 10.0. The number of nitrogens with zero attached hydrogens (tertiary/aromatic N) is 2. The lowest BCUT2D eigenvalue weighted by Crippen LogP contribution is -2.56. The molecule has 1 fully saturated rings. The minimum Gasteiger partial charge on any atom is -0.392 e. The number of likely N-dealkylation sites (tertiary alicyclic amines) is 1. The van der Waals surface area contributed by atoms with Gasteiger partial charge in [-0.2, -0.15) is 0 Å². The monoisotopic (exact) mass is 370 g/mol. The summed E-state index contributed by atoms with van der Waals surface area (Å²) in [6.45, 7) is 6.39. The van der Waals surface area contributed by atoms with Crippen molar-refractivity contribution >= 4 is 16.9 Å². The molecular formula is C21H30N4O2. The molecule has 6 heteroatoms. The molecule has 0 saturated carbocycles. The zero-order chi connectivity index (χ0) is 19.1. The molecule has 2 heterocycles. The zero-order valence-electron chi connectivity index (χ0n) is 16.5. The number of likely N-dealkylation sites (N-methyl/N-ethyl adjacent to an activating group) is 1. The van der Waals surface area contributed by atoms with Crippen LogP contribution in [0.2, 0.25) is 0 Å². The van der Waals surface area contributed by atoms with E-state index in [4.69, 9.17) is 0 Å². The lowest BCUT2D eigenvalue weighted by atomic mass is 9.73. The van der Waals surface area contributed by atoms with Gasteiger partial charge in [0.15, 0.2) is 0 Å². The van der Waals surface area contributed by atoms with Crippen molar-refractivity contribution in [1.82, 2.24) is 20.1 Å². The molecule has 1 unspecified atom stereocenters. The maximum absolute atomic E-state index is 12.5. The van der Waals surface area contributed by atoms with Gasteiger partial charge in [-0.1, -0.05) is 6.07 Å². The number of carbonyl (C=O) groups is 1. The van der Waals surface area contributed by atoms with Gasteiger partial charge >= 0.3 is 6.03 Å². The van der Waals surface area contributed by atoms with Crippen molar-refractivity contribution in [1.29, 1.82) is 0 Å². The standard InChI is InChI=1S/C21H30N4O2/c1-4-25(5-2)21(27)23-15-9-16-17-6-13(12-26)7-18-20(17)14(10-22-18)8-19(16)24(3)11-15/h6-7,10,15-16,19,22,26H,4-5,8-9,11-12H2,1-3H3,(H,23,27)/t15-,16?,19+/m0/s1. The fraction of sp³-hybridized carbons (Fsp3) is 0.571. The molecule has 0 radical (unpaired) electrons. The molecule has 4 rings (SSSR count). The van der Waals surface area contributed by atoms with Gasteiger partial charge in [0.2, 0.25) is 0 Å². The number of carbonyl (C=O) groups excluding carboxylic acids is 1. The van der Waals surface area contributed by atoms with Crippen molar-refractivity contribution in [3.05, 3.63) is 35.0 Å². The minimum absolute atomic E-state index is 0.0317. The molecule has 3 atom stereocenters. The second-order valence-electron chi connectivity index (χ2n) is 7.95. The van der Waals surface area contributed by atoms with Crippen LogP contribution in [0.25, 0.3) is 10.9 Å². The predicted molar refractivity (Wildman–Crippen MR) is 107 cm³/mol. The molecule has 1 aromatic heterocycles. The van der Waals surface area contributed by atoms with Gasteiger partial charge in [-0.05, 0) is 56.5 Å². The highest BCUT2D eigenvalue weighted by Crippen LogP contribution is 2.43. The van der Waals surface area contributed by atoms with Gasteiger partial charge in [0.05, 0.1) is 6.61 Å². The number of benzene rings is 1. The van der Waals surface area contributed by atoms with Crippen molar-refractivity contribution in [2.45, 2.75) is 51.3 Å². The second kappa shape index (κ2) is 7.17. The van der Waals surface area contributed by atoms with Gasteiger partial charge in [-0.25, -0.2) is 4.79 Å². The molecule has 0 spiro atoms. The molecule has 6 nitrogen and oxygen atoms in total. The summed E-state index contributed by atoms with van der Waals surface area (Å²) in [5, 5.41) is 14.3. The minimum atomic E-state index is 0.0317. The van der Waals surface area contributed by atoms with E-state index in [1.165, 1.54) is 16.5 Å². The third-order valence-electron chi connectivity index (χ3n) is 6.42. The first kappa shape index (κ1) is 18.3. The maximum Gasteiger partial charge on any atom is 0.317 e. The molecule has 2 amide bonds. The number of aliphatic hydroxyl groups is 1. The van der Waals surface area contributed by atoms with E-state index in [-0.39, 0.29) is 18.7 Å². The van der Waals surface area contributed by atoms with E-state index in [1.807, 2.05) is 18.7 Å². The Morgan fingerprint density at radius 2 is 2.15 bits per heavy atom. The molecule has 2 aliphatic rings. The number of aromatic amines is 1. The number of piperidine rings is 1. The Hall–Kier alpha value is -2.05. The number of aliphatic hydroxyl groups excluding tert-OH is 1. The third kappa shape index (κ3) is 3.11. The summed E-state index contributed by atoms with van der Waals surface area (Å²) in [6, 6.07) is 4.82. The van der Waals surface area contributed by atoms with Crippen LogP contribution in [0.1, 0.15) is 42.9 Å². The Morgan fingerprint density at radius 3 is 2.85 bits per heavy atom. The van der Waals surface area contributed by atoms with Gasteiger partial charge in [0.25, 0.3) is 0 Å². The number of rotatable bonds is 4. The zero-order valence-corrected chi connectivity index (χ0v) is 16.5. The molecule has 1 saturated heterocycles. The average Bonchev–Trinajstić information content (AvgIpc) is 3.07. The van der Waals surface area contributed by atoms with Gasteiger partial charge in [-0.15, -0.1) is 0 Å². The number of hydrogen-bond acceptors (Lipinski definition) is 3. The summed E-state index contributed by atoms with van der Waals surface area (Å²) < 4.78 is 0. The van der Waals surface area contributed by atoms with Crippen LogP contribution in [0.5, 0.6) is 0 Å². The van der Waals surface area contributed by atoms with Crippen molar-refractivity contribution in [3.63, 3.8) is 0 Å². The summed E-state index contributed by atoms with van der Waals surface area (Å²) in [5.74, 6) is 0.364. The Bertz CT molecular complexity index is 842. The predicted octanol–water partition coefficient (Wildman–Crippen LogP) is 2.42. The van der Waals surface area contributed by atoms with E-state index in [1.54, 1.807) is 0 Å². The summed E-state index contributed by atoms with van der Waals surface area (Å²) in [6.07, 6.45) is 4.09. The number of urea groups is 1. The molecule has 1 aliphatic heterocycles. The van der Waals surface area contributed by atoms with E-state index in [2.05, 4.69) is 40.6 Å². The first-order valence-corrected chi connectivity index (χ1v) is 10.0. The molecular weight excluding hydrogens is 340 g/mol. The SMILES string of the molecule is CCN(CC)C(=O)N[C@H]1CC2c3cc(CO)cc4[nH]cc(c34)C[C@H]2N(C)C1. The summed E-state index contributed by atoms with van der Waals surface area (Å²) in [5.41, 5.74) is 4.74. The van der Waals surface area contributed by atoms with Crippen molar-refractivity contribution in [2.75, 3.05) is 26.7 Å². The van der Waals surface area contributed by atoms with Crippen molar-refractivity contribution in [2.24, 2.45) is 0 Å². The van der Waals surface area contributed by atoms with Crippen LogP contribution < -0.4 is 5.32 Å². The van der Waals surface area contributed by atoms with Crippen LogP contribution in [0, 0.1) is 0 Å². The fourth-order valence-corrected chi connectivity index (χ4v) is 5.05. The lowest BCUT2D eigenvalue weighted by Gasteiger charge is -2.46. The van der Waals surface area contributed by atoms with Crippen LogP contribution in [0.15, 0.2) is 18.3 Å². The quantitative estimate of drug-likeness (QED) is 0.774. The number of nitrogens with one attached hydrogen (secondary N) is 2. The highest BCUT2D eigenvalue weighted by atomic mass is 16.3. The average molecular weight is 370 g/mol. The fourth-order valence-electron chi connectivity index (χ4n) is 5.05.